The summed E-state index contributed by atoms with van der Waals surface area (Å²) in [6.07, 6.45) is 5.04. The number of aromatic nitrogens is 3. The van der Waals surface area contributed by atoms with Gasteiger partial charge < -0.3 is 20.2 Å². The van der Waals surface area contributed by atoms with E-state index in [1.807, 2.05) is 7.05 Å². The summed E-state index contributed by atoms with van der Waals surface area (Å²) >= 11 is 0. The fourth-order valence-corrected chi connectivity index (χ4v) is 1.42. The number of imidazole rings is 1. The van der Waals surface area contributed by atoms with Crippen LogP contribution in [0.15, 0.2) is 24.7 Å². The zero-order chi connectivity index (χ0) is 11.7. The molecule has 0 radical (unpaired) electrons. The van der Waals surface area contributed by atoms with Gasteiger partial charge in [0.15, 0.2) is 5.82 Å². The van der Waals surface area contributed by atoms with Gasteiger partial charge in [0.1, 0.15) is 5.82 Å². The lowest BCUT2D eigenvalue weighted by atomic mass is 10.4. The fraction of sp³-hybridized carbons (Fsp3) is 0.200. The van der Waals surface area contributed by atoms with E-state index >= 15 is 0 Å². The van der Waals surface area contributed by atoms with Crippen LogP contribution in [0.2, 0.25) is 0 Å². The highest BCUT2D eigenvalue weighted by Gasteiger charge is 2.11. The molecule has 3 N–H and O–H groups in total. The van der Waals surface area contributed by atoms with Crippen LogP contribution in [0, 0.1) is 0 Å². The summed E-state index contributed by atoms with van der Waals surface area (Å²) in [5.74, 6) is 0.704. The van der Waals surface area contributed by atoms with E-state index in [4.69, 9.17) is 5.73 Å². The first kappa shape index (κ1) is 10.3. The van der Waals surface area contributed by atoms with Gasteiger partial charge in [-0.1, -0.05) is 0 Å². The number of carbonyl (C=O) groups is 1. The van der Waals surface area contributed by atoms with Crippen molar-refractivity contribution in [2.75, 3.05) is 11.1 Å². The Morgan fingerprint density at radius 2 is 2.19 bits per heavy atom. The van der Waals surface area contributed by atoms with Crippen molar-refractivity contribution in [3.63, 3.8) is 0 Å². The quantitative estimate of drug-likeness (QED) is 0.776. The number of nitrogen functional groups attached to an aromatic ring is 1. The maximum atomic E-state index is 11.8. The normalized spacial score (nSPS) is 10.4. The smallest absolute Gasteiger partial charge is 0.291 e. The maximum Gasteiger partial charge on any atom is 0.291 e. The van der Waals surface area contributed by atoms with Crippen molar-refractivity contribution in [2.45, 2.75) is 0 Å². The molecule has 1 amide bonds. The van der Waals surface area contributed by atoms with Crippen molar-refractivity contribution in [3.05, 3.63) is 30.5 Å². The van der Waals surface area contributed by atoms with Crippen molar-refractivity contribution < 1.29 is 4.79 Å². The molecule has 0 atom stereocenters. The second-order valence-electron chi connectivity index (χ2n) is 3.58. The van der Waals surface area contributed by atoms with E-state index in [2.05, 4.69) is 10.3 Å². The predicted octanol–water partition coefficient (Wildman–Crippen LogP) is 0.593. The first-order valence-electron chi connectivity index (χ1n) is 4.78. The molecule has 2 aromatic heterocycles. The topological polar surface area (TPSA) is 77.9 Å². The van der Waals surface area contributed by atoms with Crippen LogP contribution in [-0.4, -0.2) is 20.0 Å². The fourth-order valence-electron chi connectivity index (χ4n) is 1.42. The predicted molar refractivity (Wildman–Crippen MR) is 61.0 cm³/mol. The number of aryl methyl sites for hydroxylation is 2. The lowest BCUT2D eigenvalue weighted by Crippen LogP contribution is -2.16. The molecule has 16 heavy (non-hydrogen) atoms. The standard InChI is InChI=1S/C10H13N5O/c1-14-4-3-12-9(14)10(16)13-7-5-8(11)15(2)6-7/h3-6H,11H2,1-2H3,(H,13,16). The second-order valence-corrected chi connectivity index (χ2v) is 3.58. The average molecular weight is 219 g/mol. The Labute approximate surface area is 92.7 Å². The zero-order valence-corrected chi connectivity index (χ0v) is 9.14. The minimum absolute atomic E-state index is 0.252. The van der Waals surface area contributed by atoms with Crippen molar-refractivity contribution >= 4 is 17.4 Å². The minimum Gasteiger partial charge on any atom is -0.385 e. The zero-order valence-electron chi connectivity index (χ0n) is 9.14. The molecule has 2 heterocycles. The van der Waals surface area contributed by atoms with Gasteiger partial charge in [-0.15, -0.1) is 0 Å². The van der Waals surface area contributed by atoms with Crippen LogP contribution in [-0.2, 0) is 14.1 Å². The summed E-state index contributed by atoms with van der Waals surface area (Å²) in [6.45, 7) is 0. The molecule has 0 spiro atoms. The number of carbonyl (C=O) groups excluding carboxylic acids is 1. The maximum absolute atomic E-state index is 11.8. The first-order chi connectivity index (χ1) is 7.58. The molecule has 0 saturated heterocycles. The number of nitrogens with two attached hydrogens (primary N) is 1. The number of anilines is 2. The molecule has 0 saturated carbocycles. The van der Waals surface area contributed by atoms with Gasteiger partial charge in [0.05, 0.1) is 5.69 Å². The average Bonchev–Trinajstić information content (AvgIpc) is 2.74. The van der Waals surface area contributed by atoms with Gasteiger partial charge >= 0.3 is 0 Å². The molecule has 0 aromatic carbocycles. The van der Waals surface area contributed by atoms with Crippen molar-refractivity contribution in [3.8, 4) is 0 Å². The van der Waals surface area contributed by atoms with E-state index < -0.39 is 0 Å². The number of nitrogens with one attached hydrogen (secondary N) is 1. The highest BCUT2D eigenvalue weighted by atomic mass is 16.2. The van der Waals surface area contributed by atoms with Crippen molar-refractivity contribution in [1.29, 1.82) is 0 Å². The third kappa shape index (κ3) is 1.77. The van der Waals surface area contributed by atoms with Gasteiger partial charge in [-0.3, -0.25) is 4.79 Å². The number of hydrogen-bond acceptors (Lipinski definition) is 3. The molecule has 6 nitrogen and oxygen atoms in total. The first-order valence-corrected chi connectivity index (χ1v) is 4.78. The Bertz CT molecular complexity index is 506. The van der Waals surface area contributed by atoms with Crippen molar-refractivity contribution in [2.24, 2.45) is 14.1 Å². The summed E-state index contributed by atoms with van der Waals surface area (Å²) in [4.78, 5) is 15.7. The molecular weight excluding hydrogens is 206 g/mol. The molecule has 0 aliphatic carbocycles. The Morgan fingerprint density at radius 1 is 1.44 bits per heavy atom. The largest absolute Gasteiger partial charge is 0.385 e. The summed E-state index contributed by atoms with van der Waals surface area (Å²) in [6, 6.07) is 1.70. The minimum atomic E-state index is -0.252. The Kier molecular flexibility index (Phi) is 2.40. The third-order valence-corrected chi connectivity index (χ3v) is 2.33. The summed E-state index contributed by atoms with van der Waals surface area (Å²) in [5, 5.41) is 2.72. The lowest BCUT2D eigenvalue weighted by Gasteiger charge is -2.01. The van der Waals surface area contributed by atoms with E-state index in [0.717, 1.165) is 0 Å². The van der Waals surface area contributed by atoms with Crippen LogP contribution >= 0.6 is 0 Å². The third-order valence-electron chi connectivity index (χ3n) is 2.33. The molecule has 2 rings (SSSR count). The van der Waals surface area contributed by atoms with Crippen molar-refractivity contribution in [1.82, 2.24) is 14.1 Å². The van der Waals surface area contributed by atoms with Crippen LogP contribution < -0.4 is 11.1 Å². The molecule has 0 aliphatic heterocycles. The van der Waals surface area contributed by atoms with E-state index in [-0.39, 0.29) is 5.91 Å². The van der Waals surface area contributed by atoms with E-state index in [0.29, 0.717) is 17.3 Å². The lowest BCUT2D eigenvalue weighted by molar-refractivity contribution is 0.101. The van der Waals surface area contributed by atoms with E-state index in [1.165, 1.54) is 0 Å². The van der Waals surface area contributed by atoms with E-state index in [1.54, 1.807) is 40.8 Å². The van der Waals surface area contributed by atoms with Gasteiger partial charge in [0, 0.05) is 38.8 Å². The Hall–Kier alpha value is -2.24. The molecule has 0 unspecified atom stereocenters. The highest BCUT2D eigenvalue weighted by Crippen LogP contribution is 2.14. The number of rotatable bonds is 2. The molecule has 0 aliphatic rings. The van der Waals surface area contributed by atoms with Gasteiger partial charge in [-0.05, 0) is 0 Å². The van der Waals surface area contributed by atoms with Gasteiger partial charge in [0.25, 0.3) is 5.91 Å². The van der Waals surface area contributed by atoms with Crippen LogP contribution in [0.1, 0.15) is 10.6 Å². The van der Waals surface area contributed by atoms with Crippen LogP contribution in [0.3, 0.4) is 0 Å². The van der Waals surface area contributed by atoms with E-state index in [9.17, 15) is 4.79 Å². The summed E-state index contributed by atoms with van der Waals surface area (Å²) in [7, 11) is 3.58. The Morgan fingerprint density at radius 3 is 2.69 bits per heavy atom. The second kappa shape index (κ2) is 3.73. The summed E-state index contributed by atoms with van der Waals surface area (Å²) in [5.41, 5.74) is 6.32. The SMILES string of the molecule is Cn1cc(NC(=O)c2nccn2C)cc1N. The number of nitrogens with zero attached hydrogens (tertiary/aromatic N) is 3. The molecule has 6 heteroatoms. The van der Waals surface area contributed by atoms with Crippen LogP contribution in [0.5, 0.6) is 0 Å². The van der Waals surface area contributed by atoms with Crippen LogP contribution in [0.4, 0.5) is 11.5 Å². The summed E-state index contributed by atoms with van der Waals surface area (Å²) < 4.78 is 3.38. The highest BCUT2D eigenvalue weighted by molar-refractivity contribution is 6.01. The molecular formula is C10H13N5O. The number of hydrogen-bond donors (Lipinski definition) is 2. The van der Waals surface area contributed by atoms with Gasteiger partial charge in [-0.2, -0.15) is 0 Å². The van der Waals surface area contributed by atoms with Crippen LogP contribution in [0.25, 0.3) is 0 Å². The van der Waals surface area contributed by atoms with Gasteiger partial charge in [0.2, 0.25) is 0 Å². The monoisotopic (exact) mass is 219 g/mol. The van der Waals surface area contributed by atoms with Gasteiger partial charge in [-0.25, -0.2) is 4.98 Å². The molecule has 0 fully saturated rings. The molecule has 84 valence electrons. The number of amides is 1. The molecule has 2 aromatic rings. The molecule has 0 bridgehead atoms. The Balaban J connectivity index is 2.17.